The molecule has 90 valence electrons. The van der Waals surface area contributed by atoms with Crippen molar-refractivity contribution in [1.29, 1.82) is 0 Å². The summed E-state index contributed by atoms with van der Waals surface area (Å²) < 4.78 is 18.4. The predicted octanol–water partition coefficient (Wildman–Crippen LogP) is 2.90. The molecule has 0 heterocycles. The largest absolute Gasteiger partial charge is 0.492 e. The van der Waals surface area contributed by atoms with Gasteiger partial charge < -0.3 is 10.1 Å². The van der Waals surface area contributed by atoms with Gasteiger partial charge in [0.25, 0.3) is 0 Å². The second-order valence-corrected chi connectivity index (χ2v) is 4.02. The smallest absolute Gasteiger partial charge is 0.123 e. The summed E-state index contributed by atoms with van der Waals surface area (Å²) in [6, 6.07) is 5.09. The summed E-state index contributed by atoms with van der Waals surface area (Å²) in [6.07, 6.45) is 1.11. The number of rotatable bonds is 6. The van der Waals surface area contributed by atoms with E-state index in [0.717, 1.165) is 24.3 Å². The molecule has 0 aromatic heterocycles. The molecule has 0 amide bonds. The highest BCUT2D eigenvalue weighted by Crippen LogP contribution is 2.17. The van der Waals surface area contributed by atoms with E-state index in [0.29, 0.717) is 12.6 Å². The Labute approximate surface area is 96.8 Å². The van der Waals surface area contributed by atoms with Crippen molar-refractivity contribution in [2.45, 2.75) is 33.2 Å². The third kappa shape index (κ3) is 4.19. The van der Waals surface area contributed by atoms with E-state index in [9.17, 15) is 4.39 Å². The Balaban J connectivity index is 2.32. The number of aryl methyl sites for hydroxylation is 1. The third-order valence-electron chi connectivity index (χ3n) is 2.60. The molecule has 1 rings (SSSR count). The van der Waals surface area contributed by atoms with Crippen molar-refractivity contribution < 1.29 is 9.13 Å². The van der Waals surface area contributed by atoms with Crippen molar-refractivity contribution in [2.24, 2.45) is 0 Å². The van der Waals surface area contributed by atoms with Gasteiger partial charge in [-0.2, -0.15) is 0 Å². The van der Waals surface area contributed by atoms with Crippen molar-refractivity contribution in [2.75, 3.05) is 13.2 Å². The molecule has 0 saturated carbocycles. The Kier molecular flexibility index (Phi) is 5.26. The van der Waals surface area contributed by atoms with Crippen molar-refractivity contribution in [3.05, 3.63) is 29.6 Å². The van der Waals surface area contributed by atoms with Crippen LogP contribution in [-0.2, 0) is 0 Å². The van der Waals surface area contributed by atoms with Crippen LogP contribution in [0.25, 0.3) is 0 Å². The molecule has 3 heteroatoms. The van der Waals surface area contributed by atoms with Gasteiger partial charge in [-0.3, -0.25) is 0 Å². The minimum absolute atomic E-state index is 0.220. The summed E-state index contributed by atoms with van der Waals surface area (Å²) in [7, 11) is 0. The monoisotopic (exact) mass is 225 g/mol. The molecule has 1 atom stereocenters. The second kappa shape index (κ2) is 6.48. The lowest BCUT2D eigenvalue weighted by Crippen LogP contribution is -2.29. The minimum Gasteiger partial charge on any atom is -0.492 e. The first-order chi connectivity index (χ1) is 7.63. The first kappa shape index (κ1) is 13.0. The fraction of sp³-hybridized carbons (Fsp3) is 0.538. The molecule has 0 aliphatic heterocycles. The Morgan fingerprint density at radius 3 is 2.81 bits per heavy atom. The molecular weight excluding hydrogens is 205 g/mol. The zero-order valence-electron chi connectivity index (χ0n) is 10.2. The Morgan fingerprint density at radius 1 is 1.44 bits per heavy atom. The van der Waals surface area contributed by atoms with Gasteiger partial charge in [0, 0.05) is 12.6 Å². The van der Waals surface area contributed by atoms with Crippen LogP contribution < -0.4 is 10.1 Å². The Hall–Kier alpha value is -1.09. The zero-order chi connectivity index (χ0) is 12.0. The first-order valence-electron chi connectivity index (χ1n) is 5.75. The van der Waals surface area contributed by atoms with Crippen molar-refractivity contribution in [1.82, 2.24) is 5.32 Å². The molecule has 0 radical (unpaired) electrons. The summed E-state index contributed by atoms with van der Waals surface area (Å²) >= 11 is 0. The summed E-state index contributed by atoms with van der Waals surface area (Å²) in [5, 5.41) is 3.33. The number of ether oxygens (including phenoxy) is 1. The first-order valence-corrected chi connectivity index (χ1v) is 5.75. The van der Waals surface area contributed by atoms with Gasteiger partial charge in [-0.25, -0.2) is 4.39 Å². The van der Waals surface area contributed by atoms with E-state index in [2.05, 4.69) is 19.2 Å². The lowest BCUT2D eigenvalue weighted by Gasteiger charge is -2.13. The van der Waals surface area contributed by atoms with Gasteiger partial charge in [-0.15, -0.1) is 0 Å². The van der Waals surface area contributed by atoms with Crippen molar-refractivity contribution in [3.63, 3.8) is 0 Å². The Bertz CT molecular complexity index is 328. The van der Waals surface area contributed by atoms with E-state index in [1.54, 1.807) is 6.07 Å². The molecule has 0 fully saturated rings. The van der Waals surface area contributed by atoms with Crippen LogP contribution >= 0.6 is 0 Å². The summed E-state index contributed by atoms with van der Waals surface area (Å²) in [6.45, 7) is 7.55. The Morgan fingerprint density at radius 2 is 2.19 bits per heavy atom. The quantitative estimate of drug-likeness (QED) is 0.752. The fourth-order valence-corrected chi connectivity index (χ4v) is 1.39. The average molecular weight is 225 g/mol. The van der Waals surface area contributed by atoms with E-state index in [4.69, 9.17) is 4.74 Å². The van der Waals surface area contributed by atoms with Gasteiger partial charge in [-0.05, 0) is 44.0 Å². The molecule has 0 bridgehead atoms. The molecular formula is C13H20FNO. The molecule has 16 heavy (non-hydrogen) atoms. The lowest BCUT2D eigenvalue weighted by molar-refractivity contribution is 0.304. The van der Waals surface area contributed by atoms with E-state index >= 15 is 0 Å². The fourth-order valence-electron chi connectivity index (χ4n) is 1.39. The van der Waals surface area contributed by atoms with Gasteiger partial charge in [0.15, 0.2) is 0 Å². The van der Waals surface area contributed by atoms with E-state index < -0.39 is 0 Å². The van der Waals surface area contributed by atoms with Crippen LogP contribution in [0.2, 0.25) is 0 Å². The maximum Gasteiger partial charge on any atom is 0.123 e. The predicted molar refractivity (Wildman–Crippen MR) is 64.4 cm³/mol. The number of nitrogens with one attached hydrogen (secondary N) is 1. The highest BCUT2D eigenvalue weighted by atomic mass is 19.1. The molecule has 0 spiro atoms. The molecule has 1 aromatic rings. The van der Waals surface area contributed by atoms with Crippen LogP contribution in [0.5, 0.6) is 5.75 Å². The molecule has 1 aromatic carbocycles. The van der Waals surface area contributed by atoms with Crippen LogP contribution in [0.4, 0.5) is 4.39 Å². The summed E-state index contributed by atoms with van der Waals surface area (Å²) in [4.78, 5) is 0. The standard InChI is InChI=1S/C13H20FNO/c1-4-11(3)15-7-8-16-13-6-5-12(14)9-10(13)2/h5-6,9,11,15H,4,7-8H2,1-3H3. The lowest BCUT2D eigenvalue weighted by atomic mass is 10.2. The normalized spacial score (nSPS) is 12.5. The van der Waals surface area contributed by atoms with Crippen LogP contribution in [0.15, 0.2) is 18.2 Å². The molecule has 1 N–H and O–H groups in total. The van der Waals surface area contributed by atoms with Gasteiger partial charge in [-0.1, -0.05) is 6.92 Å². The zero-order valence-corrected chi connectivity index (χ0v) is 10.2. The third-order valence-corrected chi connectivity index (χ3v) is 2.60. The van der Waals surface area contributed by atoms with Crippen molar-refractivity contribution in [3.8, 4) is 5.75 Å². The molecule has 0 aliphatic rings. The van der Waals surface area contributed by atoms with Gasteiger partial charge in [0.2, 0.25) is 0 Å². The van der Waals surface area contributed by atoms with Gasteiger partial charge >= 0.3 is 0 Å². The SMILES string of the molecule is CCC(C)NCCOc1ccc(F)cc1C. The van der Waals surface area contributed by atoms with Gasteiger partial charge in [0.05, 0.1) is 0 Å². The highest BCUT2D eigenvalue weighted by Gasteiger charge is 2.01. The van der Waals surface area contributed by atoms with E-state index in [1.165, 1.54) is 12.1 Å². The molecule has 0 aliphatic carbocycles. The van der Waals surface area contributed by atoms with E-state index in [-0.39, 0.29) is 5.82 Å². The maximum atomic E-state index is 12.8. The number of benzene rings is 1. The number of hydrogen-bond acceptors (Lipinski definition) is 2. The molecule has 1 unspecified atom stereocenters. The summed E-state index contributed by atoms with van der Waals surface area (Å²) in [5.41, 5.74) is 0.837. The summed E-state index contributed by atoms with van der Waals surface area (Å²) in [5.74, 6) is 0.537. The van der Waals surface area contributed by atoms with Crippen LogP contribution in [-0.4, -0.2) is 19.2 Å². The van der Waals surface area contributed by atoms with Crippen LogP contribution in [0, 0.1) is 12.7 Å². The molecule has 0 saturated heterocycles. The highest BCUT2D eigenvalue weighted by molar-refractivity contribution is 5.32. The van der Waals surface area contributed by atoms with E-state index in [1.807, 2.05) is 6.92 Å². The average Bonchev–Trinajstić information content (AvgIpc) is 2.26. The van der Waals surface area contributed by atoms with Crippen LogP contribution in [0.3, 0.4) is 0 Å². The second-order valence-electron chi connectivity index (χ2n) is 4.02. The maximum absolute atomic E-state index is 12.8. The van der Waals surface area contributed by atoms with Crippen molar-refractivity contribution >= 4 is 0 Å². The number of halogens is 1. The minimum atomic E-state index is -0.220. The molecule has 2 nitrogen and oxygen atoms in total. The number of hydrogen-bond donors (Lipinski definition) is 1. The topological polar surface area (TPSA) is 21.3 Å². The van der Waals surface area contributed by atoms with Gasteiger partial charge in [0.1, 0.15) is 18.2 Å². The van der Waals surface area contributed by atoms with Crippen LogP contribution in [0.1, 0.15) is 25.8 Å².